The first-order chi connectivity index (χ1) is 11.1. The summed E-state index contributed by atoms with van der Waals surface area (Å²) in [5, 5.41) is 0. The predicted octanol–water partition coefficient (Wildman–Crippen LogP) is 3.26. The molecule has 1 saturated heterocycles. The van der Waals surface area contributed by atoms with Crippen molar-refractivity contribution in [3.8, 4) is 5.75 Å². The second-order valence-corrected chi connectivity index (χ2v) is 5.86. The fourth-order valence-corrected chi connectivity index (χ4v) is 2.75. The third-order valence-electron chi connectivity index (χ3n) is 4.29. The summed E-state index contributed by atoms with van der Waals surface area (Å²) in [6.07, 6.45) is 0.193. The van der Waals surface area contributed by atoms with Gasteiger partial charge in [0.1, 0.15) is 5.75 Å². The van der Waals surface area contributed by atoms with E-state index in [2.05, 4.69) is 0 Å². The number of hydrogen-bond donors (Lipinski definition) is 0. The highest BCUT2D eigenvalue weighted by molar-refractivity contribution is 5.99. The van der Waals surface area contributed by atoms with E-state index in [9.17, 15) is 9.59 Å². The molecule has 1 heterocycles. The van der Waals surface area contributed by atoms with Crippen molar-refractivity contribution < 1.29 is 14.3 Å². The SMILES string of the molecule is Cc1cccc(OC(=O)[C@@H]2CC(=O)N(c3ccccc3)C2)c1C. The maximum Gasteiger partial charge on any atom is 0.316 e. The normalized spacial score (nSPS) is 17.4. The quantitative estimate of drug-likeness (QED) is 0.646. The lowest BCUT2D eigenvalue weighted by Crippen LogP contribution is -2.27. The van der Waals surface area contributed by atoms with E-state index in [1.165, 1.54) is 0 Å². The van der Waals surface area contributed by atoms with Gasteiger partial charge in [0.05, 0.1) is 5.92 Å². The van der Waals surface area contributed by atoms with Crippen LogP contribution in [0.5, 0.6) is 5.75 Å². The summed E-state index contributed by atoms with van der Waals surface area (Å²) in [5.41, 5.74) is 2.84. The van der Waals surface area contributed by atoms with E-state index in [0.717, 1.165) is 16.8 Å². The zero-order valence-electron chi connectivity index (χ0n) is 13.3. The number of carbonyl (C=O) groups is 2. The second kappa shape index (κ2) is 6.24. The van der Waals surface area contributed by atoms with Crippen LogP contribution in [0.4, 0.5) is 5.69 Å². The Morgan fingerprint density at radius 1 is 1.09 bits per heavy atom. The number of hydrogen-bond acceptors (Lipinski definition) is 3. The molecule has 4 heteroatoms. The molecule has 1 aliphatic heterocycles. The number of carbonyl (C=O) groups excluding carboxylic acids is 2. The number of ether oxygens (including phenoxy) is 1. The van der Waals surface area contributed by atoms with Crippen molar-refractivity contribution in [3.05, 3.63) is 59.7 Å². The molecular weight excluding hydrogens is 290 g/mol. The van der Waals surface area contributed by atoms with Gasteiger partial charge in [-0.15, -0.1) is 0 Å². The van der Waals surface area contributed by atoms with Crippen LogP contribution in [0.1, 0.15) is 17.5 Å². The highest BCUT2D eigenvalue weighted by atomic mass is 16.5. The molecule has 0 aliphatic carbocycles. The van der Waals surface area contributed by atoms with Crippen LogP contribution in [0.2, 0.25) is 0 Å². The molecular formula is C19H19NO3. The molecule has 118 valence electrons. The molecule has 1 aliphatic rings. The lowest BCUT2D eigenvalue weighted by molar-refractivity contribution is -0.139. The van der Waals surface area contributed by atoms with Gasteiger partial charge in [0.15, 0.2) is 0 Å². The Kier molecular flexibility index (Phi) is 4.15. The summed E-state index contributed by atoms with van der Waals surface area (Å²) >= 11 is 0. The topological polar surface area (TPSA) is 46.6 Å². The van der Waals surface area contributed by atoms with Crippen LogP contribution in [0.15, 0.2) is 48.5 Å². The van der Waals surface area contributed by atoms with Gasteiger partial charge in [-0.1, -0.05) is 30.3 Å². The van der Waals surface area contributed by atoms with E-state index < -0.39 is 5.92 Å². The summed E-state index contributed by atoms with van der Waals surface area (Å²) in [5.74, 6) is -0.243. The third kappa shape index (κ3) is 3.11. The first kappa shape index (κ1) is 15.3. The largest absolute Gasteiger partial charge is 0.426 e. The lowest BCUT2D eigenvalue weighted by Gasteiger charge is -2.16. The molecule has 0 saturated carbocycles. The molecule has 0 aromatic heterocycles. The zero-order chi connectivity index (χ0) is 16.4. The lowest BCUT2D eigenvalue weighted by atomic mass is 10.1. The Bertz CT molecular complexity index is 740. The van der Waals surface area contributed by atoms with Crippen molar-refractivity contribution in [2.45, 2.75) is 20.3 Å². The van der Waals surface area contributed by atoms with Crippen LogP contribution in [0.25, 0.3) is 0 Å². The van der Waals surface area contributed by atoms with E-state index in [4.69, 9.17) is 4.74 Å². The van der Waals surface area contributed by atoms with Crippen LogP contribution in [0, 0.1) is 19.8 Å². The number of aryl methyl sites for hydroxylation is 1. The first-order valence-corrected chi connectivity index (χ1v) is 7.69. The van der Waals surface area contributed by atoms with Gasteiger partial charge < -0.3 is 9.64 Å². The van der Waals surface area contributed by atoms with Crippen LogP contribution in [-0.2, 0) is 9.59 Å². The van der Waals surface area contributed by atoms with E-state index in [0.29, 0.717) is 12.3 Å². The van der Waals surface area contributed by atoms with Crippen molar-refractivity contribution in [1.82, 2.24) is 0 Å². The second-order valence-electron chi connectivity index (χ2n) is 5.86. The van der Waals surface area contributed by atoms with Crippen LogP contribution < -0.4 is 9.64 Å². The van der Waals surface area contributed by atoms with Crippen LogP contribution in [-0.4, -0.2) is 18.4 Å². The number of esters is 1. The fraction of sp³-hybridized carbons (Fsp3) is 0.263. The molecule has 1 atom stereocenters. The number of amides is 1. The van der Waals surface area contributed by atoms with Gasteiger partial charge in [0.25, 0.3) is 0 Å². The Morgan fingerprint density at radius 2 is 1.83 bits per heavy atom. The Morgan fingerprint density at radius 3 is 2.57 bits per heavy atom. The number of para-hydroxylation sites is 1. The minimum atomic E-state index is -0.428. The molecule has 2 aromatic rings. The molecule has 0 radical (unpaired) electrons. The minimum absolute atomic E-state index is 0.0425. The average Bonchev–Trinajstić information content (AvgIpc) is 2.95. The summed E-state index contributed by atoms with van der Waals surface area (Å²) in [7, 11) is 0. The maximum atomic E-state index is 12.4. The zero-order valence-corrected chi connectivity index (χ0v) is 13.3. The van der Waals surface area contributed by atoms with E-state index in [1.807, 2.05) is 56.3 Å². The van der Waals surface area contributed by atoms with E-state index in [-0.39, 0.29) is 18.3 Å². The summed E-state index contributed by atoms with van der Waals surface area (Å²) in [6.45, 7) is 4.27. The van der Waals surface area contributed by atoms with Gasteiger partial charge in [0.2, 0.25) is 5.91 Å². The van der Waals surface area contributed by atoms with Crippen molar-refractivity contribution in [1.29, 1.82) is 0 Å². The molecule has 1 fully saturated rings. The van der Waals surface area contributed by atoms with Gasteiger partial charge in [-0.25, -0.2) is 0 Å². The number of benzene rings is 2. The Labute approximate surface area is 135 Å². The van der Waals surface area contributed by atoms with Gasteiger partial charge in [-0.2, -0.15) is 0 Å². The average molecular weight is 309 g/mol. The van der Waals surface area contributed by atoms with Gasteiger partial charge in [0, 0.05) is 18.7 Å². The highest BCUT2D eigenvalue weighted by Gasteiger charge is 2.36. The molecule has 0 spiro atoms. The predicted molar refractivity (Wildman–Crippen MR) is 88.5 cm³/mol. The van der Waals surface area contributed by atoms with Crippen LogP contribution >= 0.6 is 0 Å². The van der Waals surface area contributed by atoms with Gasteiger partial charge >= 0.3 is 5.97 Å². The molecule has 3 rings (SSSR count). The molecule has 0 N–H and O–H groups in total. The Hall–Kier alpha value is -2.62. The van der Waals surface area contributed by atoms with Crippen molar-refractivity contribution in [2.24, 2.45) is 5.92 Å². The monoisotopic (exact) mass is 309 g/mol. The molecule has 2 aromatic carbocycles. The standard InChI is InChI=1S/C19H19NO3/c1-13-7-6-10-17(14(13)2)23-19(22)15-11-18(21)20(12-15)16-8-4-3-5-9-16/h3-10,15H,11-12H2,1-2H3/t15-/m1/s1. The van der Waals surface area contributed by atoms with Crippen molar-refractivity contribution >= 4 is 17.6 Å². The smallest absolute Gasteiger partial charge is 0.316 e. The summed E-state index contributed by atoms with van der Waals surface area (Å²) < 4.78 is 5.52. The van der Waals surface area contributed by atoms with E-state index >= 15 is 0 Å². The van der Waals surface area contributed by atoms with Gasteiger partial charge in [-0.3, -0.25) is 9.59 Å². The highest BCUT2D eigenvalue weighted by Crippen LogP contribution is 2.27. The number of rotatable bonds is 3. The Balaban J connectivity index is 1.72. The number of nitrogens with zero attached hydrogens (tertiary/aromatic N) is 1. The maximum absolute atomic E-state index is 12.4. The number of anilines is 1. The first-order valence-electron chi connectivity index (χ1n) is 7.69. The third-order valence-corrected chi connectivity index (χ3v) is 4.29. The minimum Gasteiger partial charge on any atom is -0.426 e. The molecule has 23 heavy (non-hydrogen) atoms. The van der Waals surface area contributed by atoms with Crippen molar-refractivity contribution in [3.63, 3.8) is 0 Å². The molecule has 0 bridgehead atoms. The van der Waals surface area contributed by atoms with Crippen molar-refractivity contribution in [2.75, 3.05) is 11.4 Å². The summed E-state index contributed by atoms with van der Waals surface area (Å²) in [4.78, 5) is 26.2. The summed E-state index contributed by atoms with van der Waals surface area (Å²) in [6, 6.07) is 15.0. The molecule has 1 amide bonds. The van der Waals surface area contributed by atoms with E-state index in [1.54, 1.807) is 11.0 Å². The fourth-order valence-electron chi connectivity index (χ4n) is 2.75. The van der Waals surface area contributed by atoms with Gasteiger partial charge in [-0.05, 0) is 43.2 Å². The van der Waals surface area contributed by atoms with Crippen LogP contribution in [0.3, 0.4) is 0 Å². The molecule has 4 nitrogen and oxygen atoms in total. The molecule has 0 unspecified atom stereocenters.